The van der Waals surface area contributed by atoms with E-state index in [4.69, 9.17) is 19.4 Å². The first-order valence-corrected chi connectivity index (χ1v) is 13.7. The van der Waals surface area contributed by atoms with Gasteiger partial charge >= 0.3 is 0 Å². The van der Waals surface area contributed by atoms with Crippen LogP contribution in [0, 0.1) is 19.8 Å². The van der Waals surface area contributed by atoms with Crippen molar-refractivity contribution in [2.45, 2.75) is 51.5 Å². The third-order valence-electron chi connectivity index (χ3n) is 7.37. The van der Waals surface area contributed by atoms with Gasteiger partial charge in [-0.2, -0.15) is 4.98 Å². The number of aromatic nitrogens is 4. The van der Waals surface area contributed by atoms with Crippen LogP contribution in [-0.4, -0.2) is 60.1 Å². The average Bonchev–Trinajstić information content (AvgIpc) is 3.61. The lowest BCUT2D eigenvalue weighted by Crippen LogP contribution is -2.35. The van der Waals surface area contributed by atoms with Gasteiger partial charge in [-0.05, 0) is 45.4 Å². The van der Waals surface area contributed by atoms with Crippen LogP contribution in [0.3, 0.4) is 0 Å². The zero-order valence-corrected chi connectivity index (χ0v) is 22.6. The van der Waals surface area contributed by atoms with Gasteiger partial charge in [0, 0.05) is 24.1 Å². The summed E-state index contributed by atoms with van der Waals surface area (Å²) in [5.41, 5.74) is 3.88. The second-order valence-corrected chi connectivity index (χ2v) is 11.1. The molecule has 1 saturated carbocycles. The van der Waals surface area contributed by atoms with E-state index in [-0.39, 0.29) is 12.6 Å². The maximum Gasteiger partial charge on any atom is 0.225 e. The van der Waals surface area contributed by atoms with Crippen LogP contribution in [0.4, 0.5) is 11.8 Å². The van der Waals surface area contributed by atoms with Gasteiger partial charge in [-0.3, -0.25) is 4.98 Å². The highest BCUT2D eigenvalue weighted by molar-refractivity contribution is 7.21. The molecule has 5 atom stereocenters. The monoisotopic (exact) mass is 546 g/mol. The molecule has 1 fully saturated rings. The van der Waals surface area contributed by atoms with Crippen molar-refractivity contribution >= 4 is 44.3 Å². The fraction of sp³-hybridized carbons (Fsp3) is 0.357. The van der Waals surface area contributed by atoms with Gasteiger partial charge in [0.15, 0.2) is 0 Å². The topological polar surface area (TPSA) is 149 Å². The minimum Gasteiger partial charge on any atom is -0.459 e. The number of nitrogens with one attached hydrogen (secondary N) is 2. The number of pyridine rings is 1. The SMILES string of the molecule is Cc1nc(N[C@@H](C)c2cc3ccccc3o2)nc(NC2C[C@H](CO)[C@@H](O)[C@H]2O)c1-c1nc2c(C)nccc2s1. The van der Waals surface area contributed by atoms with Crippen molar-refractivity contribution < 1.29 is 19.7 Å². The van der Waals surface area contributed by atoms with Crippen molar-refractivity contribution in [1.82, 2.24) is 19.9 Å². The Balaban J connectivity index is 1.39. The Bertz CT molecular complexity index is 1620. The number of nitrogens with zero attached hydrogens (tertiary/aromatic N) is 4. The lowest BCUT2D eigenvalue weighted by molar-refractivity contribution is 0.00446. The highest BCUT2D eigenvalue weighted by atomic mass is 32.1. The third kappa shape index (κ3) is 4.71. The quantitative estimate of drug-likeness (QED) is 0.201. The minimum atomic E-state index is -1.06. The molecule has 0 amide bonds. The molecule has 6 rings (SSSR count). The Kier molecular flexibility index (Phi) is 6.67. The van der Waals surface area contributed by atoms with E-state index in [0.717, 1.165) is 37.6 Å². The van der Waals surface area contributed by atoms with Crippen LogP contribution >= 0.6 is 11.3 Å². The standard InChI is InChI=1S/C28H30N6O4S/c1-13(20-11-16-6-4-5-7-19(16)38-20)30-28-31-14(2)22(27-33-23-15(3)29-9-8-21(23)39-27)26(34-28)32-18-10-17(12-35)24(36)25(18)37/h4-9,11,13,17-18,24-25,35-37H,10,12H2,1-3H3,(H2,30,31,32,34)/t13-,17+,18?,24+,25-/m0/s1. The maximum atomic E-state index is 10.7. The summed E-state index contributed by atoms with van der Waals surface area (Å²) in [5.74, 6) is 1.20. The number of rotatable bonds is 7. The predicted molar refractivity (Wildman–Crippen MR) is 151 cm³/mol. The van der Waals surface area contributed by atoms with Gasteiger partial charge in [0.25, 0.3) is 0 Å². The number of para-hydroxylation sites is 1. The molecule has 1 aliphatic rings. The van der Waals surface area contributed by atoms with Crippen LogP contribution in [0.5, 0.6) is 0 Å². The van der Waals surface area contributed by atoms with Gasteiger partial charge in [-0.1, -0.05) is 18.2 Å². The Morgan fingerprint density at radius 3 is 2.64 bits per heavy atom. The summed E-state index contributed by atoms with van der Waals surface area (Å²) in [4.78, 5) is 18.8. The van der Waals surface area contributed by atoms with Crippen LogP contribution in [0.1, 0.15) is 36.5 Å². The summed E-state index contributed by atoms with van der Waals surface area (Å²) in [6.45, 7) is 5.58. The number of aryl methyl sites for hydroxylation is 2. The first-order valence-electron chi connectivity index (χ1n) is 12.9. The van der Waals surface area contributed by atoms with Crippen molar-refractivity contribution in [3.63, 3.8) is 0 Å². The number of hydrogen-bond donors (Lipinski definition) is 5. The van der Waals surface area contributed by atoms with E-state index in [0.29, 0.717) is 29.4 Å². The number of aliphatic hydroxyl groups is 3. The molecule has 11 heteroatoms. The molecule has 1 aliphatic carbocycles. The van der Waals surface area contributed by atoms with Crippen LogP contribution in [0.15, 0.2) is 47.0 Å². The molecule has 10 nitrogen and oxygen atoms in total. The second-order valence-electron chi connectivity index (χ2n) is 10.1. The molecule has 39 heavy (non-hydrogen) atoms. The summed E-state index contributed by atoms with van der Waals surface area (Å²) in [6, 6.07) is 11.0. The predicted octanol–water partition coefficient (Wildman–Crippen LogP) is 4.20. The smallest absolute Gasteiger partial charge is 0.225 e. The highest BCUT2D eigenvalue weighted by Gasteiger charge is 2.41. The number of thiazole rings is 1. The fourth-order valence-electron chi connectivity index (χ4n) is 5.19. The Morgan fingerprint density at radius 2 is 1.90 bits per heavy atom. The summed E-state index contributed by atoms with van der Waals surface area (Å²) in [6.07, 6.45) is 0.0705. The molecule has 0 bridgehead atoms. The van der Waals surface area contributed by atoms with E-state index in [9.17, 15) is 15.3 Å². The first kappa shape index (κ1) is 25.6. The molecule has 0 spiro atoms. The number of anilines is 2. The maximum absolute atomic E-state index is 10.7. The Labute approximate surface area is 228 Å². The molecule has 1 unspecified atom stereocenters. The Hall–Kier alpha value is -3.64. The van der Waals surface area contributed by atoms with Crippen molar-refractivity contribution in [3.05, 3.63) is 59.7 Å². The number of fused-ring (bicyclic) bond motifs is 2. The molecular formula is C28H30N6O4S. The van der Waals surface area contributed by atoms with Gasteiger partial charge in [0.1, 0.15) is 33.8 Å². The molecule has 4 aromatic heterocycles. The molecular weight excluding hydrogens is 516 g/mol. The largest absolute Gasteiger partial charge is 0.459 e. The number of benzene rings is 1. The van der Waals surface area contributed by atoms with Crippen LogP contribution in [0.2, 0.25) is 0 Å². The van der Waals surface area contributed by atoms with Crippen LogP contribution in [0.25, 0.3) is 31.8 Å². The van der Waals surface area contributed by atoms with Gasteiger partial charge in [0.2, 0.25) is 5.95 Å². The lowest BCUT2D eigenvalue weighted by atomic mass is 10.1. The summed E-state index contributed by atoms with van der Waals surface area (Å²) in [5, 5.41) is 39.2. The second kappa shape index (κ2) is 10.2. The molecule has 1 aromatic carbocycles. The molecule has 5 aromatic rings. The third-order valence-corrected chi connectivity index (χ3v) is 8.41. The van der Waals surface area contributed by atoms with E-state index in [1.165, 1.54) is 11.3 Å². The fourth-order valence-corrected chi connectivity index (χ4v) is 6.30. The summed E-state index contributed by atoms with van der Waals surface area (Å²) in [7, 11) is 0. The summed E-state index contributed by atoms with van der Waals surface area (Å²) < 4.78 is 7.03. The van der Waals surface area contributed by atoms with E-state index in [2.05, 4.69) is 15.6 Å². The molecule has 0 saturated heterocycles. The van der Waals surface area contributed by atoms with Crippen molar-refractivity contribution in [2.75, 3.05) is 17.2 Å². The van der Waals surface area contributed by atoms with E-state index < -0.39 is 24.2 Å². The normalized spacial score (nSPS) is 22.0. The van der Waals surface area contributed by atoms with E-state index in [1.54, 1.807) is 6.20 Å². The molecule has 5 N–H and O–H groups in total. The van der Waals surface area contributed by atoms with Gasteiger partial charge in [0.05, 0.1) is 39.8 Å². The van der Waals surface area contributed by atoms with Crippen LogP contribution in [-0.2, 0) is 0 Å². The number of aliphatic hydroxyl groups excluding tert-OH is 3. The molecule has 0 radical (unpaired) electrons. The zero-order valence-electron chi connectivity index (χ0n) is 21.8. The zero-order chi connectivity index (χ0) is 27.3. The average molecular weight is 547 g/mol. The summed E-state index contributed by atoms with van der Waals surface area (Å²) >= 11 is 1.52. The Morgan fingerprint density at radius 1 is 1.08 bits per heavy atom. The van der Waals surface area contributed by atoms with Gasteiger partial charge < -0.3 is 30.4 Å². The van der Waals surface area contributed by atoms with Crippen LogP contribution < -0.4 is 10.6 Å². The van der Waals surface area contributed by atoms with E-state index >= 15 is 0 Å². The molecule has 4 heterocycles. The molecule has 202 valence electrons. The van der Waals surface area contributed by atoms with Gasteiger partial charge in [-0.15, -0.1) is 11.3 Å². The number of hydrogen-bond acceptors (Lipinski definition) is 11. The minimum absolute atomic E-state index is 0.210. The van der Waals surface area contributed by atoms with Crippen molar-refractivity contribution in [3.8, 4) is 10.6 Å². The van der Waals surface area contributed by atoms with Gasteiger partial charge in [-0.25, -0.2) is 9.97 Å². The van der Waals surface area contributed by atoms with Crippen molar-refractivity contribution in [2.24, 2.45) is 5.92 Å². The van der Waals surface area contributed by atoms with Crippen molar-refractivity contribution in [1.29, 1.82) is 0 Å². The molecule has 0 aliphatic heterocycles. The number of furan rings is 1. The highest BCUT2D eigenvalue weighted by Crippen LogP contribution is 2.39. The first-order chi connectivity index (χ1) is 18.8. The lowest BCUT2D eigenvalue weighted by Gasteiger charge is -2.22. The van der Waals surface area contributed by atoms with E-state index in [1.807, 2.05) is 57.2 Å².